The zero-order valence-electron chi connectivity index (χ0n) is 29.6. The molecule has 4 rings (SSSR count). The molecule has 0 bridgehead atoms. The van der Waals surface area contributed by atoms with Gasteiger partial charge in [-0.05, 0) is 36.3 Å². The highest BCUT2D eigenvalue weighted by Gasteiger charge is 2.42. The van der Waals surface area contributed by atoms with Crippen LogP contribution in [0.4, 0.5) is 4.79 Å². The van der Waals surface area contributed by atoms with E-state index in [-0.39, 0.29) is 42.8 Å². The van der Waals surface area contributed by atoms with Gasteiger partial charge in [0.1, 0.15) is 11.6 Å². The number of likely N-dealkylation sites (N-methyl/N-ethyl adjacent to an activating group) is 1. The van der Waals surface area contributed by atoms with Crippen molar-refractivity contribution in [3.8, 4) is 0 Å². The number of thiazole rings is 1. The SMILES string of the molecule is CCC(C)[C@@H]([C@@H](CC(=O)N1CCC[C@H]1[C@H](OC)[C@@H](C)C(=O)N[C@@H](Cc1ccccc1)c1nccs1)OC)N(C)C(=O)OCc1ccccc1. The lowest BCUT2D eigenvalue weighted by molar-refractivity contribution is -0.143. The quantitative estimate of drug-likeness (QED) is 0.178. The molecule has 2 heterocycles. The van der Waals surface area contributed by atoms with Crippen LogP contribution in [0.15, 0.2) is 72.2 Å². The van der Waals surface area contributed by atoms with E-state index in [1.54, 1.807) is 32.4 Å². The highest BCUT2D eigenvalue weighted by atomic mass is 32.1. The third-order valence-corrected chi connectivity index (χ3v) is 10.6. The predicted octanol–water partition coefficient (Wildman–Crippen LogP) is 6.27. The van der Waals surface area contributed by atoms with Crippen molar-refractivity contribution in [3.05, 3.63) is 88.4 Å². The van der Waals surface area contributed by atoms with Crippen molar-refractivity contribution in [2.45, 2.75) is 89.8 Å². The fourth-order valence-corrected chi connectivity index (χ4v) is 7.55. The average Bonchev–Trinajstić information content (AvgIpc) is 3.84. The van der Waals surface area contributed by atoms with Crippen LogP contribution in [-0.4, -0.2) is 84.8 Å². The van der Waals surface area contributed by atoms with Crippen molar-refractivity contribution in [2.24, 2.45) is 11.8 Å². The molecular formula is C38H52N4O6S. The van der Waals surface area contributed by atoms with Crippen molar-refractivity contribution < 1.29 is 28.6 Å². The van der Waals surface area contributed by atoms with Gasteiger partial charge in [-0.15, -0.1) is 11.3 Å². The first-order valence-electron chi connectivity index (χ1n) is 17.2. The molecule has 266 valence electrons. The van der Waals surface area contributed by atoms with Crippen LogP contribution in [-0.2, 0) is 36.8 Å². The Hall–Kier alpha value is -3.80. The van der Waals surface area contributed by atoms with Gasteiger partial charge in [0.15, 0.2) is 0 Å². The first-order valence-corrected chi connectivity index (χ1v) is 18.1. The summed E-state index contributed by atoms with van der Waals surface area (Å²) >= 11 is 1.51. The third-order valence-electron chi connectivity index (χ3n) is 9.75. The Balaban J connectivity index is 1.43. The first-order chi connectivity index (χ1) is 23.7. The third kappa shape index (κ3) is 10.1. The van der Waals surface area contributed by atoms with Gasteiger partial charge in [0, 0.05) is 39.4 Å². The molecule has 1 aromatic heterocycles. The molecule has 0 aliphatic carbocycles. The van der Waals surface area contributed by atoms with Crippen LogP contribution in [0.25, 0.3) is 0 Å². The maximum atomic E-state index is 14.0. The van der Waals surface area contributed by atoms with Gasteiger partial charge in [0.05, 0.1) is 42.7 Å². The lowest BCUT2D eigenvalue weighted by Gasteiger charge is -2.38. The highest BCUT2D eigenvalue weighted by molar-refractivity contribution is 7.09. The number of hydrogen-bond donors (Lipinski definition) is 1. The zero-order chi connectivity index (χ0) is 35.3. The van der Waals surface area contributed by atoms with Gasteiger partial charge in [0.25, 0.3) is 0 Å². The second-order valence-electron chi connectivity index (χ2n) is 12.9. The van der Waals surface area contributed by atoms with E-state index in [0.29, 0.717) is 13.0 Å². The van der Waals surface area contributed by atoms with Gasteiger partial charge in [0.2, 0.25) is 11.8 Å². The molecule has 1 aliphatic heterocycles. The molecule has 0 radical (unpaired) electrons. The Kier molecular flexibility index (Phi) is 14.6. The van der Waals surface area contributed by atoms with Gasteiger partial charge in [-0.2, -0.15) is 0 Å². The summed E-state index contributed by atoms with van der Waals surface area (Å²) in [6.07, 6.45) is 3.22. The van der Waals surface area contributed by atoms with Crippen molar-refractivity contribution in [3.63, 3.8) is 0 Å². The maximum absolute atomic E-state index is 14.0. The molecular weight excluding hydrogens is 641 g/mol. The summed E-state index contributed by atoms with van der Waals surface area (Å²) < 4.78 is 17.6. The number of likely N-dealkylation sites (tertiary alicyclic amines) is 1. The maximum Gasteiger partial charge on any atom is 0.410 e. The molecule has 49 heavy (non-hydrogen) atoms. The summed E-state index contributed by atoms with van der Waals surface area (Å²) in [7, 11) is 4.89. The van der Waals surface area contributed by atoms with Crippen LogP contribution in [0.2, 0.25) is 0 Å². The standard InChI is InChI=1S/C38H52N4O6S/c1-7-26(2)34(41(4)38(45)48-25-29-17-12-9-13-18-29)32(46-5)24-33(43)42-21-14-19-31(42)35(47-6)27(3)36(44)40-30(37-39-20-22-49-37)23-28-15-10-8-11-16-28/h8-13,15-18,20,22,26-27,30-32,34-35H,7,14,19,21,23-25H2,1-6H3,(H,40,44)/t26?,27-,30+,31+,32-,34+,35-/m1/s1. The second kappa shape index (κ2) is 18.8. The van der Waals surface area contributed by atoms with E-state index >= 15 is 0 Å². The lowest BCUT2D eigenvalue weighted by Crippen LogP contribution is -2.53. The number of methoxy groups -OCH3 is 2. The normalized spacial score (nSPS) is 18.2. The van der Waals surface area contributed by atoms with Crippen LogP contribution in [0.3, 0.4) is 0 Å². The fourth-order valence-electron chi connectivity index (χ4n) is 6.86. The number of ether oxygens (including phenoxy) is 3. The number of aromatic nitrogens is 1. The number of nitrogens with one attached hydrogen (secondary N) is 1. The molecule has 10 nitrogen and oxygen atoms in total. The van der Waals surface area contributed by atoms with E-state index in [2.05, 4.69) is 24.1 Å². The van der Waals surface area contributed by atoms with Gasteiger partial charge in [-0.3, -0.25) is 9.59 Å². The molecule has 1 fully saturated rings. The Bertz CT molecular complexity index is 1440. The first kappa shape index (κ1) is 38.0. The number of benzene rings is 2. The summed E-state index contributed by atoms with van der Waals surface area (Å²) in [6.45, 7) is 6.69. The van der Waals surface area contributed by atoms with E-state index in [1.165, 1.54) is 11.3 Å². The number of carbonyl (C=O) groups excluding carboxylic acids is 3. The van der Waals surface area contributed by atoms with Crippen LogP contribution in [0, 0.1) is 11.8 Å². The van der Waals surface area contributed by atoms with Gasteiger partial charge in [-0.1, -0.05) is 87.9 Å². The van der Waals surface area contributed by atoms with Crippen LogP contribution < -0.4 is 5.32 Å². The summed E-state index contributed by atoms with van der Waals surface area (Å²) in [5, 5.41) is 5.97. The van der Waals surface area contributed by atoms with Crippen molar-refractivity contribution in [1.29, 1.82) is 0 Å². The summed E-state index contributed by atoms with van der Waals surface area (Å²) in [5.41, 5.74) is 2.00. The summed E-state index contributed by atoms with van der Waals surface area (Å²) in [5.74, 6) is -0.727. The molecule has 1 saturated heterocycles. The van der Waals surface area contributed by atoms with Crippen molar-refractivity contribution in [1.82, 2.24) is 20.1 Å². The highest BCUT2D eigenvalue weighted by Crippen LogP contribution is 2.30. The number of amides is 3. The van der Waals surface area contributed by atoms with Crippen LogP contribution in [0.1, 0.15) is 68.6 Å². The summed E-state index contributed by atoms with van der Waals surface area (Å²) in [6, 6.07) is 18.6. The largest absolute Gasteiger partial charge is 0.445 e. The Labute approximate surface area is 295 Å². The predicted molar refractivity (Wildman–Crippen MR) is 191 cm³/mol. The molecule has 0 saturated carbocycles. The van der Waals surface area contributed by atoms with Crippen LogP contribution >= 0.6 is 11.3 Å². The summed E-state index contributed by atoms with van der Waals surface area (Å²) in [4.78, 5) is 48.9. The van der Waals surface area contributed by atoms with Gasteiger partial charge >= 0.3 is 6.09 Å². The molecule has 1 N–H and O–H groups in total. The monoisotopic (exact) mass is 692 g/mol. The topological polar surface area (TPSA) is 110 Å². The van der Waals surface area contributed by atoms with E-state index in [1.807, 2.05) is 77.9 Å². The van der Waals surface area contributed by atoms with E-state index in [4.69, 9.17) is 14.2 Å². The van der Waals surface area contributed by atoms with Gasteiger partial charge in [-0.25, -0.2) is 9.78 Å². The Morgan fingerprint density at radius 3 is 2.29 bits per heavy atom. The minimum Gasteiger partial charge on any atom is -0.445 e. The molecule has 0 spiro atoms. The minimum absolute atomic E-state index is 0.0403. The average molecular weight is 693 g/mol. The Morgan fingerprint density at radius 2 is 1.69 bits per heavy atom. The fraction of sp³-hybridized carbons (Fsp3) is 0.526. The molecule has 11 heteroatoms. The molecule has 3 aromatic rings. The van der Waals surface area contributed by atoms with Crippen LogP contribution in [0.5, 0.6) is 0 Å². The second-order valence-corrected chi connectivity index (χ2v) is 13.8. The molecule has 3 amide bonds. The number of carbonyl (C=O) groups is 3. The Morgan fingerprint density at radius 1 is 1.02 bits per heavy atom. The molecule has 2 aromatic carbocycles. The molecule has 7 atom stereocenters. The van der Waals surface area contributed by atoms with E-state index in [9.17, 15) is 14.4 Å². The minimum atomic E-state index is -0.559. The number of hydrogen-bond acceptors (Lipinski definition) is 8. The lowest BCUT2D eigenvalue weighted by atomic mass is 9.90. The number of nitrogens with zero attached hydrogens (tertiary/aromatic N) is 3. The zero-order valence-corrected chi connectivity index (χ0v) is 30.4. The van der Waals surface area contributed by atoms with Crippen molar-refractivity contribution in [2.75, 3.05) is 27.8 Å². The van der Waals surface area contributed by atoms with Crippen molar-refractivity contribution >= 4 is 29.2 Å². The smallest absolute Gasteiger partial charge is 0.410 e. The number of rotatable bonds is 17. The van der Waals surface area contributed by atoms with E-state index in [0.717, 1.165) is 35.4 Å². The molecule has 1 unspecified atom stereocenters. The van der Waals surface area contributed by atoms with E-state index < -0.39 is 30.3 Å². The molecule has 1 aliphatic rings. The van der Waals surface area contributed by atoms with Gasteiger partial charge < -0.3 is 29.3 Å².